The Kier molecular flexibility index (Phi) is 8.28. The summed E-state index contributed by atoms with van der Waals surface area (Å²) in [5.74, 6) is -0.110. The molecule has 36 heavy (non-hydrogen) atoms. The van der Waals surface area contributed by atoms with Gasteiger partial charge in [0.1, 0.15) is 17.6 Å². The predicted octanol–water partition coefficient (Wildman–Crippen LogP) is 5.19. The second kappa shape index (κ2) is 11.8. The Morgan fingerprint density at radius 1 is 1.03 bits per heavy atom. The predicted molar refractivity (Wildman–Crippen MR) is 143 cm³/mol. The van der Waals surface area contributed by atoms with Crippen molar-refractivity contribution in [1.82, 2.24) is 4.90 Å². The van der Waals surface area contributed by atoms with Crippen molar-refractivity contribution in [2.24, 2.45) is 0 Å². The van der Waals surface area contributed by atoms with Gasteiger partial charge in [0, 0.05) is 12.2 Å². The average Bonchev–Trinajstić information content (AvgIpc) is 3.12. The number of nitrogens with zero attached hydrogens (tertiary/aromatic N) is 2. The molecule has 0 aliphatic carbocycles. The van der Waals surface area contributed by atoms with Crippen molar-refractivity contribution in [2.45, 2.75) is 32.2 Å². The lowest BCUT2D eigenvalue weighted by atomic mass is 10.1. The summed E-state index contributed by atoms with van der Waals surface area (Å²) >= 11 is 5.69. The van der Waals surface area contributed by atoms with Gasteiger partial charge in [0.2, 0.25) is 5.91 Å². The Bertz CT molecular complexity index is 1200. The van der Waals surface area contributed by atoms with Crippen LogP contribution in [0.15, 0.2) is 78.9 Å². The van der Waals surface area contributed by atoms with Crippen molar-refractivity contribution in [3.63, 3.8) is 0 Å². The maximum Gasteiger partial charge on any atom is 0.256 e. The molecule has 0 saturated carbocycles. The molecule has 0 spiro atoms. The monoisotopic (exact) mass is 505 g/mol. The van der Waals surface area contributed by atoms with Crippen LogP contribution < -0.4 is 15.0 Å². The Morgan fingerprint density at radius 2 is 1.72 bits per heavy atom. The first kappa shape index (κ1) is 25.3. The van der Waals surface area contributed by atoms with Crippen LogP contribution in [0.4, 0.5) is 15.8 Å². The molecule has 0 unspecified atom stereocenters. The molecule has 3 aromatic rings. The van der Waals surface area contributed by atoms with Crippen molar-refractivity contribution >= 4 is 40.5 Å². The molecule has 2 amide bonds. The summed E-state index contributed by atoms with van der Waals surface area (Å²) < 4.78 is 18.9. The lowest BCUT2D eigenvalue weighted by molar-refractivity contribution is -0.124. The minimum absolute atomic E-state index is 0.0557. The molecule has 0 aromatic heterocycles. The summed E-state index contributed by atoms with van der Waals surface area (Å²) in [5.41, 5.74) is 2.19. The van der Waals surface area contributed by atoms with Gasteiger partial charge >= 0.3 is 0 Å². The van der Waals surface area contributed by atoms with E-state index in [-0.39, 0.29) is 24.1 Å². The van der Waals surface area contributed by atoms with Crippen molar-refractivity contribution in [2.75, 3.05) is 23.4 Å². The van der Waals surface area contributed by atoms with Crippen LogP contribution in [0.3, 0.4) is 0 Å². The molecular formula is C28H28FN3O3S. The number of amides is 2. The van der Waals surface area contributed by atoms with Crippen molar-refractivity contribution in [3.05, 3.63) is 90.2 Å². The van der Waals surface area contributed by atoms with Crippen molar-refractivity contribution in [1.29, 1.82) is 0 Å². The zero-order chi connectivity index (χ0) is 25.5. The summed E-state index contributed by atoms with van der Waals surface area (Å²) in [6.45, 7) is 3.08. The summed E-state index contributed by atoms with van der Waals surface area (Å²) in [7, 11) is 0. The number of nitrogens with one attached hydrogen (secondary N) is 1. The molecule has 0 bridgehead atoms. The van der Waals surface area contributed by atoms with E-state index in [1.807, 2.05) is 37.3 Å². The van der Waals surface area contributed by atoms with Crippen molar-refractivity contribution < 1.29 is 18.7 Å². The molecule has 1 atom stereocenters. The molecule has 186 valence electrons. The molecule has 8 heteroatoms. The molecule has 4 rings (SSSR count). The third kappa shape index (κ3) is 6.07. The topological polar surface area (TPSA) is 61.9 Å². The number of hydrogen-bond donors (Lipinski definition) is 1. The zero-order valence-electron chi connectivity index (χ0n) is 20.0. The number of carbonyl (C=O) groups excluding carboxylic acids is 2. The van der Waals surface area contributed by atoms with Crippen LogP contribution in [0.2, 0.25) is 0 Å². The standard InChI is InChI=1S/C28H28FN3O3S/c1-2-18-35-24-14-12-22(13-15-24)30-26(33)19-25-27(34)32(23-6-4-3-5-7-23)28(36)31(25)17-16-20-8-10-21(29)11-9-20/h3-15,25H,2,16-19H2,1H3,(H,30,33)/t25-/m0/s1. The third-order valence-electron chi connectivity index (χ3n) is 5.88. The molecule has 1 N–H and O–H groups in total. The van der Waals surface area contributed by atoms with E-state index >= 15 is 0 Å². The molecule has 3 aromatic carbocycles. The van der Waals surface area contributed by atoms with Crippen LogP contribution in [0.5, 0.6) is 5.75 Å². The van der Waals surface area contributed by atoms with E-state index in [1.165, 1.54) is 17.0 Å². The summed E-state index contributed by atoms with van der Waals surface area (Å²) in [6.07, 6.45) is 1.40. The summed E-state index contributed by atoms with van der Waals surface area (Å²) in [6, 6.07) is 21.8. The van der Waals surface area contributed by atoms with Crippen LogP contribution in [0.25, 0.3) is 0 Å². The van der Waals surface area contributed by atoms with Crippen LogP contribution in [-0.2, 0) is 16.0 Å². The number of carbonyl (C=O) groups is 2. The largest absolute Gasteiger partial charge is 0.494 e. The number of thiocarbonyl (C=S) groups is 1. The fourth-order valence-corrected chi connectivity index (χ4v) is 4.46. The second-order valence-electron chi connectivity index (χ2n) is 8.50. The third-order valence-corrected chi connectivity index (χ3v) is 6.29. The first-order valence-corrected chi connectivity index (χ1v) is 12.3. The lowest BCUT2D eigenvalue weighted by Crippen LogP contribution is -2.39. The molecule has 1 aliphatic heterocycles. The first-order chi connectivity index (χ1) is 17.5. The van der Waals surface area contributed by atoms with Gasteiger partial charge in [-0.3, -0.25) is 14.5 Å². The highest BCUT2D eigenvalue weighted by atomic mass is 32.1. The molecule has 0 radical (unpaired) electrons. The first-order valence-electron chi connectivity index (χ1n) is 11.9. The minimum atomic E-state index is -0.745. The number of benzene rings is 3. The van der Waals surface area contributed by atoms with Crippen LogP contribution in [0.1, 0.15) is 25.3 Å². The van der Waals surface area contributed by atoms with Gasteiger partial charge < -0.3 is 15.0 Å². The van der Waals surface area contributed by atoms with Gasteiger partial charge in [-0.15, -0.1) is 0 Å². The van der Waals surface area contributed by atoms with E-state index in [9.17, 15) is 14.0 Å². The lowest BCUT2D eigenvalue weighted by Gasteiger charge is -2.24. The molecular weight excluding hydrogens is 477 g/mol. The number of rotatable bonds is 10. The highest BCUT2D eigenvalue weighted by molar-refractivity contribution is 7.80. The number of ether oxygens (including phenoxy) is 1. The van der Waals surface area contributed by atoms with Gasteiger partial charge in [0.05, 0.1) is 18.7 Å². The van der Waals surface area contributed by atoms with E-state index in [0.29, 0.717) is 36.1 Å². The Labute approximate surface area is 215 Å². The summed E-state index contributed by atoms with van der Waals surface area (Å²) in [4.78, 5) is 29.7. The number of hydrogen-bond acceptors (Lipinski definition) is 4. The normalized spacial score (nSPS) is 15.3. The highest BCUT2D eigenvalue weighted by Crippen LogP contribution is 2.28. The Hall–Kier alpha value is -3.78. The summed E-state index contributed by atoms with van der Waals surface area (Å²) in [5, 5.41) is 3.22. The van der Waals surface area contributed by atoms with Gasteiger partial charge in [-0.25, -0.2) is 4.39 Å². The van der Waals surface area contributed by atoms with E-state index in [1.54, 1.807) is 41.3 Å². The quantitative estimate of drug-likeness (QED) is 0.385. The SMILES string of the molecule is CCCOc1ccc(NC(=O)C[C@H]2C(=O)N(c3ccccc3)C(=S)N2CCc2ccc(F)cc2)cc1. The Balaban J connectivity index is 1.48. The van der Waals surface area contributed by atoms with Crippen molar-refractivity contribution in [3.8, 4) is 5.75 Å². The smallest absolute Gasteiger partial charge is 0.256 e. The molecule has 1 saturated heterocycles. The van der Waals surface area contributed by atoms with Crippen LogP contribution >= 0.6 is 12.2 Å². The van der Waals surface area contributed by atoms with E-state index in [0.717, 1.165) is 17.7 Å². The van der Waals surface area contributed by atoms with Gasteiger partial charge in [-0.05, 0) is 79.2 Å². The zero-order valence-corrected chi connectivity index (χ0v) is 20.8. The molecule has 1 fully saturated rings. The molecule has 6 nitrogen and oxygen atoms in total. The maximum absolute atomic E-state index is 13.5. The van der Waals surface area contributed by atoms with Crippen LogP contribution in [-0.4, -0.2) is 41.0 Å². The Morgan fingerprint density at radius 3 is 2.39 bits per heavy atom. The number of anilines is 2. The van der Waals surface area contributed by atoms with E-state index in [2.05, 4.69) is 5.32 Å². The van der Waals surface area contributed by atoms with Gasteiger partial charge in [0.25, 0.3) is 5.91 Å². The molecule has 1 heterocycles. The second-order valence-corrected chi connectivity index (χ2v) is 8.87. The van der Waals surface area contributed by atoms with Gasteiger partial charge in [0.15, 0.2) is 5.11 Å². The molecule has 1 aliphatic rings. The van der Waals surface area contributed by atoms with Crippen LogP contribution in [0, 0.1) is 5.82 Å². The number of halogens is 1. The fourth-order valence-electron chi connectivity index (χ4n) is 4.04. The van der Waals surface area contributed by atoms with Gasteiger partial charge in [-0.2, -0.15) is 0 Å². The van der Waals surface area contributed by atoms with Gasteiger partial charge in [-0.1, -0.05) is 37.3 Å². The average molecular weight is 506 g/mol. The fraction of sp³-hybridized carbons (Fsp3) is 0.250. The number of para-hydroxylation sites is 1. The highest BCUT2D eigenvalue weighted by Gasteiger charge is 2.43. The van der Waals surface area contributed by atoms with E-state index in [4.69, 9.17) is 17.0 Å². The maximum atomic E-state index is 13.5. The van der Waals surface area contributed by atoms with E-state index < -0.39 is 6.04 Å². The minimum Gasteiger partial charge on any atom is -0.494 e.